The maximum absolute atomic E-state index is 11.4. The molecule has 0 spiro atoms. The van der Waals surface area contributed by atoms with Gasteiger partial charge >= 0.3 is 11.7 Å². The Balaban J connectivity index is 2.33. The Bertz CT molecular complexity index is 690. The van der Waals surface area contributed by atoms with E-state index in [-0.39, 0.29) is 18.8 Å². The van der Waals surface area contributed by atoms with Crippen molar-refractivity contribution in [3.05, 3.63) is 44.6 Å². The van der Waals surface area contributed by atoms with Crippen molar-refractivity contribution >= 4 is 29.2 Å². The second-order valence-corrected chi connectivity index (χ2v) is 4.83. The summed E-state index contributed by atoms with van der Waals surface area (Å²) in [6.45, 7) is 0. The van der Waals surface area contributed by atoms with Crippen molar-refractivity contribution in [2.24, 2.45) is 0 Å². The normalized spacial score (nSPS) is 10.6. The third-order valence-corrected chi connectivity index (χ3v) is 3.45. The molecule has 0 radical (unpaired) electrons. The van der Waals surface area contributed by atoms with Crippen molar-refractivity contribution in [3.63, 3.8) is 0 Å². The van der Waals surface area contributed by atoms with E-state index < -0.39 is 5.76 Å². The molecule has 0 atom stereocenters. The lowest BCUT2D eigenvalue weighted by Crippen LogP contribution is -2.02. The van der Waals surface area contributed by atoms with Gasteiger partial charge in [-0.25, -0.2) is 4.79 Å². The van der Waals surface area contributed by atoms with Crippen LogP contribution in [0.1, 0.15) is 12.2 Å². The van der Waals surface area contributed by atoms with Crippen LogP contribution in [0.25, 0.3) is 11.3 Å². The van der Waals surface area contributed by atoms with Gasteiger partial charge in [0.1, 0.15) is 5.76 Å². The van der Waals surface area contributed by atoms with Gasteiger partial charge in [0.25, 0.3) is 0 Å². The standard InChI is InChI=1S/C13H11Cl2NO4/c1-19-11(17)5-4-10-12(16-13(18)20-10)7-2-3-8(14)9(15)6-7/h2-3,6H,4-5H2,1H3,(H,16,18). The summed E-state index contributed by atoms with van der Waals surface area (Å²) in [5.74, 6) is -0.598. The smallest absolute Gasteiger partial charge is 0.416 e. The maximum atomic E-state index is 11.4. The molecule has 0 saturated carbocycles. The minimum atomic E-state index is -0.592. The fraction of sp³-hybridized carbons (Fsp3) is 0.231. The summed E-state index contributed by atoms with van der Waals surface area (Å²) in [6.07, 6.45) is 0.368. The van der Waals surface area contributed by atoms with Gasteiger partial charge in [-0.3, -0.25) is 9.78 Å². The van der Waals surface area contributed by atoms with Crippen molar-refractivity contribution in [2.75, 3.05) is 7.11 Å². The Hall–Kier alpha value is -1.72. The monoisotopic (exact) mass is 315 g/mol. The Morgan fingerprint density at radius 3 is 2.75 bits per heavy atom. The summed E-state index contributed by atoms with van der Waals surface area (Å²) in [6, 6.07) is 4.94. The molecular formula is C13H11Cl2NO4. The fourth-order valence-electron chi connectivity index (χ4n) is 1.74. The molecule has 1 heterocycles. The molecule has 2 aromatic rings. The molecule has 5 nitrogen and oxygen atoms in total. The highest BCUT2D eigenvalue weighted by atomic mass is 35.5. The van der Waals surface area contributed by atoms with Crippen molar-refractivity contribution in [2.45, 2.75) is 12.8 Å². The lowest BCUT2D eigenvalue weighted by atomic mass is 10.1. The molecular weight excluding hydrogens is 305 g/mol. The molecule has 2 rings (SSSR count). The molecule has 0 aliphatic carbocycles. The lowest BCUT2D eigenvalue weighted by molar-refractivity contribution is -0.140. The molecule has 20 heavy (non-hydrogen) atoms. The number of carbonyl (C=O) groups excluding carboxylic acids is 1. The van der Waals surface area contributed by atoms with E-state index in [2.05, 4.69) is 9.72 Å². The van der Waals surface area contributed by atoms with Crippen molar-refractivity contribution < 1.29 is 13.9 Å². The van der Waals surface area contributed by atoms with Gasteiger partial charge in [-0.15, -0.1) is 0 Å². The van der Waals surface area contributed by atoms with Gasteiger partial charge in [0, 0.05) is 12.0 Å². The number of nitrogens with one attached hydrogen (secondary N) is 1. The van der Waals surface area contributed by atoms with Gasteiger partial charge < -0.3 is 9.15 Å². The average molecular weight is 316 g/mol. The zero-order valence-corrected chi connectivity index (χ0v) is 12.0. The van der Waals surface area contributed by atoms with E-state index in [9.17, 15) is 9.59 Å². The largest absolute Gasteiger partial charge is 0.469 e. The minimum Gasteiger partial charge on any atom is -0.469 e. The summed E-state index contributed by atoms with van der Waals surface area (Å²) >= 11 is 11.8. The summed E-state index contributed by atoms with van der Waals surface area (Å²) in [5, 5.41) is 0.780. The van der Waals surface area contributed by atoms with Gasteiger partial charge in [0.05, 0.1) is 29.3 Å². The molecule has 7 heteroatoms. The third kappa shape index (κ3) is 3.23. The first-order chi connectivity index (χ1) is 9.51. The lowest BCUT2D eigenvalue weighted by Gasteiger charge is -2.03. The van der Waals surface area contributed by atoms with Crippen molar-refractivity contribution in [1.82, 2.24) is 4.98 Å². The first-order valence-corrected chi connectivity index (χ1v) is 6.51. The Labute approximate surface area is 124 Å². The number of hydrogen-bond acceptors (Lipinski definition) is 4. The van der Waals surface area contributed by atoms with Gasteiger partial charge in [0.2, 0.25) is 0 Å². The molecule has 1 aromatic heterocycles. The number of esters is 1. The Morgan fingerprint density at radius 1 is 1.35 bits per heavy atom. The molecule has 106 valence electrons. The van der Waals surface area contributed by atoms with E-state index in [0.29, 0.717) is 27.1 Å². The number of methoxy groups -OCH3 is 1. The summed E-state index contributed by atoms with van der Waals surface area (Å²) in [4.78, 5) is 25.1. The Kier molecular flexibility index (Phi) is 4.52. The van der Waals surface area contributed by atoms with Crippen LogP contribution in [0.2, 0.25) is 10.0 Å². The predicted molar refractivity (Wildman–Crippen MR) is 75.1 cm³/mol. The van der Waals surface area contributed by atoms with Crippen LogP contribution in [0.3, 0.4) is 0 Å². The first kappa shape index (κ1) is 14.7. The number of H-pyrrole nitrogens is 1. The molecule has 0 fully saturated rings. The molecule has 0 amide bonds. The van der Waals surface area contributed by atoms with Crippen LogP contribution in [0.5, 0.6) is 0 Å². The predicted octanol–water partition coefficient (Wildman–Crippen LogP) is 3.05. The van der Waals surface area contributed by atoms with E-state index in [0.717, 1.165) is 0 Å². The van der Waals surface area contributed by atoms with Gasteiger partial charge in [-0.05, 0) is 12.1 Å². The summed E-state index contributed by atoms with van der Waals surface area (Å²) < 4.78 is 9.59. The SMILES string of the molecule is COC(=O)CCc1oc(=O)[nH]c1-c1ccc(Cl)c(Cl)c1. The second-order valence-electron chi connectivity index (χ2n) is 4.02. The van der Waals surface area contributed by atoms with E-state index in [4.69, 9.17) is 27.6 Å². The van der Waals surface area contributed by atoms with Crippen LogP contribution in [0.15, 0.2) is 27.4 Å². The van der Waals surface area contributed by atoms with Crippen LogP contribution in [-0.4, -0.2) is 18.1 Å². The number of aromatic amines is 1. The average Bonchev–Trinajstić information content (AvgIpc) is 2.80. The number of hydrogen-bond donors (Lipinski definition) is 1. The Morgan fingerprint density at radius 2 is 2.10 bits per heavy atom. The highest BCUT2D eigenvalue weighted by molar-refractivity contribution is 6.42. The minimum absolute atomic E-state index is 0.117. The number of oxazole rings is 1. The maximum Gasteiger partial charge on any atom is 0.416 e. The summed E-state index contributed by atoms with van der Waals surface area (Å²) in [5.41, 5.74) is 1.14. The zero-order valence-electron chi connectivity index (χ0n) is 10.5. The first-order valence-electron chi connectivity index (χ1n) is 5.75. The van der Waals surface area contributed by atoms with Crippen LogP contribution in [-0.2, 0) is 16.0 Å². The van der Waals surface area contributed by atoms with Crippen molar-refractivity contribution in [3.8, 4) is 11.3 Å². The molecule has 0 saturated heterocycles. The van der Waals surface area contributed by atoms with E-state index >= 15 is 0 Å². The fourth-order valence-corrected chi connectivity index (χ4v) is 2.04. The van der Waals surface area contributed by atoms with E-state index in [1.165, 1.54) is 7.11 Å². The molecule has 1 aromatic carbocycles. The van der Waals surface area contributed by atoms with E-state index in [1.54, 1.807) is 18.2 Å². The molecule has 1 N–H and O–H groups in total. The molecule has 0 aliphatic rings. The van der Waals surface area contributed by atoms with Crippen LogP contribution < -0.4 is 5.76 Å². The number of benzene rings is 1. The quantitative estimate of drug-likeness (QED) is 0.880. The molecule has 0 unspecified atom stereocenters. The van der Waals surface area contributed by atoms with Gasteiger partial charge in [0.15, 0.2) is 0 Å². The highest BCUT2D eigenvalue weighted by Crippen LogP contribution is 2.29. The zero-order chi connectivity index (χ0) is 14.7. The highest BCUT2D eigenvalue weighted by Gasteiger charge is 2.15. The number of ether oxygens (including phenoxy) is 1. The van der Waals surface area contributed by atoms with Crippen LogP contribution >= 0.6 is 23.2 Å². The number of aryl methyl sites for hydroxylation is 1. The number of aromatic nitrogens is 1. The molecule has 0 aliphatic heterocycles. The van der Waals surface area contributed by atoms with Gasteiger partial charge in [-0.2, -0.15) is 0 Å². The second kappa shape index (κ2) is 6.15. The van der Waals surface area contributed by atoms with Gasteiger partial charge in [-0.1, -0.05) is 29.3 Å². The topological polar surface area (TPSA) is 72.3 Å². The van der Waals surface area contributed by atoms with Crippen LogP contribution in [0, 0.1) is 0 Å². The van der Waals surface area contributed by atoms with Crippen molar-refractivity contribution in [1.29, 1.82) is 0 Å². The molecule has 0 bridgehead atoms. The summed E-state index contributed by atoms with van der Waals surface area (Å²) in [7, 11) is 1.30. The third-order valence-electron chi connectivity index (χ3n) is 2.71. The number of halogens is 2. The number of carbonyl (C=O) groups is 1. The van der Waals surface area contributed by atoms with Crippen LogP contribution in [0.4, 0.5) is 0 Å². The number of rotatable bonds is 4. The van der Waals surface area contributed by atoms with E-state index in [1.807, 2.05) is 0 Å².